The van der Waals surface area contributed by atoms with E-state index in [0.717, 1.165) is 24.4 Å². The van der Waals surface area contributed by atoms with Crippen LogP contribution in [0.15, 0.2) is 23.2 Å². The number of nitro groups is 1. The molecule has 0 radical (unpaired) electrons. The summed E-state index contributed by atoms with van der Waals surface area (Å²) in [5.74, 6) is -2.02. The van der Waals surface area contributed by atoms with Crippen molar-refractivity contribution < 1.29 is 24.7 Å². The number of carboxylic acids is 1. The van der Waals surface area contributed by atoms with Gasteiger partial charge in [0.05, 0.1) is 4.92 Å². The smallest absolute Gasteiger partial charge is 0.322 e. The molecule has 0 fully saturated rings. The number of phenols is 1. The number of amides is 1. The molecular formula is C11H11N3O6. The molecule has 0 aliphatic rings. The van der Waals surface area contributed by atoms with Gasteiger partial charge in [0.1, 0.15) is 18.8 Å². The molecule has 0 unspecified atom stereocenters. The van der Waals surface area contributed by atoms with Crippen LogP contribution in [0.5, 0.6) is 5.75 Å². The molecule has 1 rings (SSSR count). The van der Waals surface area contributed by atoms with Crippen LogP contribution in [0.2, 0.25) is 0 Å². The van der Waals surface area contributed by atoms with Crippen LogP contribution in [0.3, 0.4) is 0 Å². The molecule has 20 heavy (non-hydrogen) atoms. The Bertz CT molecular complexity index is 569. The molecule has 0 heterocycles. The fourth-order valence-corrected chi connectivity index (χ4v) is 1.22. The molecule has 0 aliphatic carbocycles. The number of nitro benzene ring substituents is 1. The largest absolute Gasteiger partial charge is 0.507 e. The molecule has 0 bridgehead atoms. The Balaban J connectivity index is 2.66. The maximum absolute atomic E-state index is 11.1. The summed E-state index contributed by atoms with van der Waals surface area (Å²) < 4.78 is 0. The third-order valence-electron chi connectivity index (χ3n) is 2.12. The number of hydrogen-bond acceptors (Lipinski definition) is 6. The molecule has 9 heteroatoms. The van der Waals surface area contributed by atoms with E-state index in [2.05, 4.69) is 10.3 Å². The van der Waals surface area contributed by atoms with E-state index in [0.29, 0.717) is 0 Å². The highest BCUT2D eigenvalue weighted by Gasteiger charge is 2.09. The number of carboxylic acid groups (broad SMARTS) is 1. The monoisotopic (exact) mass is 281 g/mol. The number of nitrogens with zero attached hydrogens (tertiary/aromatic N) is 2. The van der Waals surface area contributed by atoms with Crippen molar-refractivity contribution in [2.75, 3.05) is 13.1 Å². The first-order valence-electron chi connectivity index (χ1n) is 5.36. The lowest BCUT2D eigenvalue weighted by Gasteiger charge is -2.00. The lowest BCUT2D eigenvalue weighted by molar-refractivity contribution is -0.384. The Morgan fingerprint density at radius 3 is 2.75 bits per heavy atom. The zero-order chi connectivity index (χ0) is 15.1. The maximum atomic E-state index is 11.1. The number of aromatic hydroxyl groups is 1. The van der Waals surface area contributed by atoms with Gasteiger partial charge in [-0.25, -0.2) is 0 Å². The minimum atomic E-state index is -1.18. The van der Waals surface area contributed by atoms with Gasteiger partial charge >= 0.3 is 5.97 Å². The summed E-state index contributed by atoms with van der Waals surface area (Å²) in [5, 5.41) is 30.4. The number of aliphatic imine (C=N–C) groups is 1. The SMILES string of the molecule is O=C(O)CNC(=O)CN=Cc1cc([N+](=O)[O-])ccc1O. The van der Waals surface area contributed by atoms with Gasteiger partial charge in [-0.3, -0.25) is 24.7 Å². The van der Waals surface area contributed by atoms with E-state index in [1.54, 1.807) is 0 Å². The third-order valence-corrected chi connectivity index (χ3v) is 2.12. The fourth-order valence-electron chi connectivity index (χ4n) is 1.22. The number of carbonyl (C=O) groups is 2. The molecular weight excluding hydrogens is 270 g/mol. The number of non-ortho nitro benzene ring substituents is 1. The zero-order valence-corrected chi connectivity index (χ0v) is 10.1. The van der Waals surface area contributed by atoms with Crippen LogP contribution in [-0.2, 0) is 9.59 Å². The van der Waals surface area contributed by atoms with E-state index in [-0.39, 0.29) is 23.5 Å². The van der Waals surface area contributed by atoms with Crippen molar-refractivity contribution >= 4 is 23.8 Å². The molecule has 3 N–H and O–H groups in total. The summed E-state index contributed by atoms with van der Waals surface area (Å²) >= 11 is 0. The maximum Gasteiger partial charge on any atom is 0.322 e. The molecule has 106 valence electrons. The first-order valence-corrected chi connectivity index (χ1v) is 5.36. The number of aliphatic carboxylic acids is 1. The van der Waals surface area contributed by atoms with Crippen molar-refractivity contribution in [2.45, 2.75) is 0 Å². The van der Waals surface area contributed by atoms with Crippen molar-refractivity contribution in [3.8, 4) is 5.75 Å². The van der Waals surface area contributed by atoms with Crippen LogP contribution >= 0.6 is 0 Å². The van der Waals surface area contributed by atoms with Gasteiger partial charge in [0.15, 0.2) is 0 Å². The molecule has 1 aromatic rings. The fraction of sp³-hybridized carbons (Fsp3) is 0.182. The second kappa shape index (κ2) is 6.83. The third kappa shape index (κ3) is 4.72. The van der Waals surface area contributed by atoms with E-state index in [1.807, 2.05) is 0 Å². The highest BCUT2D eigenvalue weighted by Crippen LogP contribution is 2.21. The van der Waals surface area contributed by atoms with Crippen molar-refractivity contribution in [1.82, 2.24) is 5.32 Å². The van der Waals surface area contributed by atoms with Crippen molar-refractivity contribution in [2.24, 2.45) is 4.99 Å². The molecule has 0 saturated heterocycles. The Kier molecular flexibility index (Phi) is 5.15. The van der Waals surface area contributed by atoms with Gasteiger partial charge in [0.25, 0.3) is 5.69 Å². The quantitative estimate of drug-likeness (QED) is 0.378. The minimum absolute atomic E-state index is 0.0882. The van der Waals surface area contributed by atoms with Gasteiger partial charge in [-0.05, 0) is 6.07 Å². The second-order valence-electron chi connectivity index (χ2n) is 3.64. The lowest BCUT2D eigenvalue weighted by Crippen LogP contribution is -2.30. The van der Waals surface area contributed by atoms with Crippen molar-refractivity contribution in [3.05, 3.63) is 33.9 Å². The Morgan fingerprint density at radius 1 is 1.45 bits per heavy atom. The molecule has 0 aliphatic heterocycles. The van der Waals surface area contributed by atoms with Crippen LogP contribution < -0.4 is 5.32 Å². The van der Waals surface area contributed by atoms with Gasteiger partial charge in [0, 0.05) is 23.9 Å². The number of carbonyl (C=O) groups excluding carboxylic acids is 1. The summed E-state index contributed by atoms with van der Waals surface area (Å²) in [4.78, 5) is 34.9. The van der Waals surface area contributed by atoms with Crippen molar-refractivity contribution in [3.63, 3.8) is 0 Å². The normalized spacial score (nSPS) is 10.4. The molecule has 9 nitrogen and oxygen atoms in total. The Morgan fingerprint density at radius 2 is 2.15 bits per heavy atom. The molecule has 1 aromatic carbocycles. The van der Waals surface area contributed by atoms with Gasteiger partial charge in [-0.15, -0.1) is 0 Å². The standard InChI is InChI=1S/C11H11N3O6/c15-9-2-1-8(14(19)20)3-7(9)4-12-5-10(16)13-6-11(17)18/h1-4,15H,5-6H2,(H,13,16)(H,17,18). The first kappa shape index (κ1) is 15.1. The van der Waals surface area contributed by atoms with Crippen LogP contribution in [-0.4, -0.2) is 46.3 Å². The summed E-state index contributed by atoms with van der Waals surface area (Å²) in [7, 11) is 0. The van der Waals surface area contributed by atoms with Gasteiger partial charge in [0.2, 0.25) is 5.91 Å². The van der Waals surface area contributed by atoms with Crippen LogP contribution in [0.1, 0.15) is 5.56 Å². The Hall–Kier alpha value is -2.97. The minimum Gasteiger partial charge on any atom is -0.507 e. The van der Waals surface area contributed by atoms with Crippen LogP contribution in [0, 0.1) is 10.1 Å². The molecule has 0 saturated carbocycles. The highest BCUT2D eigenvalue weighted by molar-refractivity contribution is 5.88. The van der Waals surface area contributed by atoms with E-state index in [4.69, 9.17) is 5.11 Å². The average molecular weight is 281 g/mol. The predicted molar refractivity (Wildman–Crippen MR) is 67.9 cm³/mol. The Labute approximate surface area is 112 Å². The van der Waals surface area contributed by atoms with Crippen LogP contribution in [0.4, 0.5) is 5.69 Å². The summed E-state index contributed by atoms with van der Waals surface area (Å²) in [6.07, 6.45) is 1.10. The van der Waals surface area contributed by atoms with E-state index in [9.17, 15) is 24.8 Å². The summed E-state index contributed by atoms with van der Waals surface area (Å²) in [6, 6.07) is 3.38. The topological polar surface area (TPSA) is 142 Å². The van der Waals surface area contributed by atoms with Crippen LogP contribution in [0.25, 0.3) is 0 Å². The molecule has 0 spiro atoms. The van der Waals surface area contributed by atoms with Gasteiger partial charge in [-0.2, -0.15) is 0 Å². The summed E-state index contributed by atoms with van der Waals surface area (Å²) in [6.45, 7) is -0.869. The number of rotatable bonds is 6. The summed E-state index contributed by atoms with van der Waals surface area (Å²) in [5.41, 5.74) is -0.134. The zero-order valence-electron chi connectivity index (χ0n) is 10.1. The number of benzene rings is 1. The second-order valence-corrected chi connectivity index (χ2v) is 3.64. The van der Waals surface area contributed by atoms with Crippen molar-refractivity contribution in [1.29, 1.82) is 0 Å². The highest BCUT2D eigenvalue weighted by atomic mass is 16.6. The molecule has 0 aromatic heterocycles. The predicted octanol–water partition coefficient (Wildman–Crippen LogP) is -0.0799. The first-order chi connectivity index (χ1) is 9.40. The van der Waals surface area contributed by atoms with E-state index in [1.165, 1.54) is 0 Å². The van der Waals surface area contributed by atoms with Gasteiger partial charge < -0.3 is 15.5 Å². The average Bonchev–Trinajstić information content (AvgIpc) is 2.38. The lowest BCUT2D eigenvalue weighted by atomic mass is 10.2. The number of nitrogens with one attached hydrogen (secondary N) is 1. The number of hydrogen-bond donors (Lipinski definition) is 3. The van der Waals surface area contributed by atoms with E-state index < -0.39 is 23.3 Å². The molecule has 1 amide bonds. The van der Waals surface area contributed by atoms with Gasteiger partial charge in [-0.1, -0.05) is 0 Å². The van der Waals surface area contributed by atoms with E-state index >= 15 is 0 Å². The number of phenolic OH excluding ortho intramolecular Hbond substituents is 1. The molecule has 0 atom stereocenters.